The Kier molecular flexibility index (Phi) is 21.1. The van der Waals surface area contributed by atoms with Gasteiger partial charge >= 0.3 is 24.4 Å². The van der Waals surface area contributed by atoms with Crippen molar-refractivity contribution in [1.29, 1.82) is 5.26 Å². The Morgan fingerprint density at radius 2 is 1.49 bits per heavy atom. The number of nitrogens with zero attached hydrogens (tertiary/aromatic N) is 7. The smallest absolute Gasteiger partial charge is 0.417 e. The number of rotatable bonds is 19. The topological polar surface area (TPSA) is 241 Å². The zero-order chi connectivity index (χ0) is 70.2. The summed E-state index contributed by atoms with van der Waals surface area (Å²) in [6.45, 7) is 19.2. The molecule has 2 aromatic heterocycles. The summed E-state index contributed by atoms with van der Waals surface area (Å²) in [6.07, 6.45) is -4.23. The molecule has 27 heteroatoms. The number of anilines is 2. The third-order valence-corrected chi connectivity index (χ3v) is 18.8. The summed E-state index contributed by atoms with van der Waals surface area (Å²) in [5, 5.41) is 29.3. The van der Waals surface area contributed by atoms with Crippen LogP contribution in [0.5, 0.6) is 6.01 Å². The Bertz CT molecular complexity index is 3960. The van der Waals surface area contributed by atoms with Crippen molar-refractivity contribution in [2.24, 2.45) is 5.41 Å². The molecule has 4 saturated heterocycles. The van der Waals surface area contributed by atoms with Crippen molar-refractivity contribution >= 4 is 73.1 Å². The summed E-state index contributed by atoms with van der Waals surface area (Å²) in [5.74, 6) is -3.64. The van der Waals surface area contributed by atoms with Crippen LogP contribution in [0.15, 0.2) is 66.7 Å². The van der Waals surface area contributed by atoms with Crippen molar-refractivity contribution in [3.8, 4) is 34.3 Å². The number of aliphatic hydroxyl groups excluding tert-OH is 1. The van der Waals surface area contributed by atoms with Crippen LogP contribution in [0.2, 0.25) is 0 Å². The van der Waals surface area contributed by atoms with Crippen LogP contribution < -0.4 is 25.6 Å². The highest BCUT2D eigenvalue weighted by atomic mass is 32.1. The van der Waals surface area contributed by atoms with Crippen LogP contribution in [-0.2, 0) is 34.8 Å². The van der Waals surface area contributed by atoms with Crippen molar-refractivity contribution in [3.05, 3.63) is 101 Å². The molecular weight excluding hydrogens is 1290 g/mol. The molecule has 5 amide bonds. The van der Waals surface area contributed by atoms with Gasteiger partial charge in [0.2, 0.25) is 17.7 Å². The third-order valence-electron chi connectivity index (χ3n) is 17.7. The van der Waals surface area contributed by atoms with Gasteiger partial charge in [-0.15, -0.1) is 11.3 Å². The van der Waals surface area contributed by atoms with Crippen molar-refractivity contribution < 1.29 is 74.4 Å². The molecule has 4 aliphatic heterocycles. The Balaban J connectivity index is 0.799. The second-order valence-corrected chi connectivity index (χ2v) is 29.4. The number of aliphatic hydroxyl groups is 1. The maximum absolute atomic E-state index is 15.8. The van der Waals surface area contributed by atoms with Gasteiger partial charge in [-0.25, -0.2) is 22.8 Å². The lowest BCUT2D eigenvalue weighted by molar-refractivity contribution is -0.144. The van der Waals surface area contributed by atoms with Crippen molar-refractivity contribution in [3.63, 3.8) is 0 Å². The number of nitriles is 1. The van der Waals surface area contributed by atoms with Crippen LogP contribution in [-0.4, -0.2) is 160 Å². The van der Waals surface area contributed by atoms with Gasteiger partial charge in [-0.2, -0.15) is 28.4 Å². The van der Waals surface area contributed by atoms with E-state index in [2.05, 4.69) is 20.9 Å². The van der Waals surface area contributed by atoms with Gasteiger partial charge in [-0.05, 0) is 145 Å². The standard InChI is InChI=1S/C70H82F6N10O10S/c1-38(39-17-19-40(20-18-39)56-50(71)15-11-16-51(56)72)78-61(89)54-30-44(87)36-85(54)63(90)59(67(2,3)4)80-55(88)25-29-93-28-13-27-83-26-12-14-43(83)37-94-64-79-53-32-46(45-23-24-52(73)58-57(45)48(33-77)62(97-58)82-65(91)95-68(5,6)7)49(70(74,75)76)31-47(53)60(81-64)84-34-41-21-22-42(35-84)86(41)66(92)96-69(8,9)10/h11,15-20,23-24,31-32,38,41-44,54,59,87H,12-14,21-22,25-30,34-37H2,1-10H3,(H,78,89)(H,80,88)(H,82,91)/t38-,41?,42?,43-,44+,54-,59+/m0/s1. The van der Waals surface area contributed by atoms with Gasteiger partial charge in [0.25, 0.3) is 0 Å². The van der Waals surface area contributed by atoms with Crippen LogP contribution in [0.1, 0.15) is 137 Å². The van der Waals surface area contributed by atoms with Gasteiger partial charge in [0.15, 0.2) is 0 Å². The number of likely N-dealkylation sites (tertiary alicyclic amines) is 2. The summed E-state index contributed by atoms with van der Waals surface area (Å²) >= 11 is 0.685. The molecule has 0 radical (unpaired) electrons. The average molecular weight is 1370 g/mol. The first-order chi connectivity index (χ1) is 45.7. The molecule has 6 aromatic rings. The molecule has 97 heavy (non-hydrogen) atoms. The molecule has 7 atom stereocenters. The highest BCUT2D eigenvalue weighted by Gasteiger charge is 2.47. The number of carbonyl (C=O) groups excluding carboxylic acids is 5. The van der Waals surface area contributed by atoms with E-state index in [1.165, 1.54) is 29.2 Å². The number of fused-ring (bicyclic) bond motifs is 4. The molecule has 520 valence electrons. The molecule has 0 saturated carbocycles. The molecule has 6 heterocycles. The molecule has 4 aliphatic rings. The zero-order valence-corrected chi connectivity index (χ0v) is 56.7. The zero-order valence-electron chi connectivity index (χ0n) is 55.9. The number of carbonyl (C=O) groups is 5. The van der Waals surface area contributed by atoms with Crippen LogP contribution in [0.25, 0.3) is 43.2 Å². The molecule has 4 fully saturated rings. The van der Waals surface area contributed by atoms with Gasteiger partial charge < -0.3 is 44.5 Å². The summed E-state index contributed by atoms with van der Waals surface area (Å²) in [7, 11) is 0. The van der Waals surface area contributed by atoms with Crippen molar-refractivity contribution in [2.75, 3.05) is 62.8 Å². The fourth-order valence-corrected chi connectivity index (χ4v) is 14.3. The van der Waals surface area contributed by atoms with Gasteiger partial charge in [0, 0.05) is 62.4 Å². The first-order valence-electron chi connectivity index (χ1n) is 32.6. The fraction of sp³-hybridized carbons (Fsp3) is 0.514. The largest absolute Gasteiger partial charge is 0.462 e. The molecule has 0 aliphatic carbocycles. The number of alkyl halides is 3. The summed E-state index contributed by atoms with van der Waals surface area (Å²) < 4.78 is 115. The van der Waals surface area contributed by atoms with Crippen molar-refractivity contribution in [1.82, 2.24) is 35.3 Å². The number of β-amino-alcohol motifs (C(OH)–C–C–N with tert-alkyl or cyclic N) is 1. The predicted octanol–water partition coefficient (Wildman–Crippen LogP) is 12.4. The molecule has 0 spiro atoms. The van der Waals surface area contributed by atoms with Crippen LogP contribution in [0.3, 0.4) is 0 Å². The second kappa shape index (κ2) is 28.6. The van der Waals surface area contributed by atoms with Crippen molar-refractivity contribution in [2.45, 2.75) is 174 Å². The minimum absolute atomic E-state index is 0.0292. The summed E-state index contributed by atoms with van der Waals surface area (Å²) in [4.78, 5) is 84.8. The number of nitrogens with one attached hydrogen (secondary N) is 3. The Hall–Kier alpha value is -8.32. The molecule has 2 bridgehead atoms. The molecule has 4 N–H and O–H groups in total. The molecule has 10 rings (SSSR count). The molecule has 20 nitrogen and oxygen atoms in total. The minimum Gasteiger partial charge on any atom is -0.462 e. The van der Waals surface area contributed by atoms with Gasteiger partial charge in [-0.1, -0.05) is 57.2 Å². The van der Waals surface area contributed by atoms with E-state index in [-0.39, 0.29) is 125 Å². The van der Waals surface area contributed by atoms with E-state index >= 15 is 17.6 Å². The fourth-order valence-electron chi connectivity index (χ4n) is 13.2. The number of ether oxygens (including phenoxy) is 4. The number of aromatic nitrogens is 2. The number of piperazine rings is 1. The summed E-state index contributed by atoms with van der Waals surface area (Å²) in [5.41, 5.74) is -3.67. The highest BCUT2D eigenvalue weighted by molar-refractivity contribution is 7.23. The lowest BCUT2D eigenvalue weighted by Crippen LogP contribution is -2.58. The summed E-state index contributed by atoms with van der Waals surface area (Å²) in [6, 6.07) is 12.6. The van der Waals surface area contributed by atoms with E-state index in [1.807, 2.05) is 11.0 Å². The first kappa shape index (κ1) is 71.5. The van der Waals surface area contributed by atoms with Crippen LogP contribution in [0.4, 0.5) is 46.8 Å². The van der Waals surface area contributed by atoms with E-state index in [1.54, 1.807) is 98.4 Å². The van der Waals surface area contributed by atoms with Gasteiger partial charge in [0.1, 0.15) is 64.2 Å². The SMILES string of the molecule is C[C@H](NC(=O)[C@@H]1C[C@@H](O)CN1C(=O)[C@@H](NC(=O)CCOCCCN1CCC[C@H]1COc1nc(N2CC3CCC(C2)N3C(=O)OC(C)(C)C)c2cc(C(F)(F)F)c(-c3ccc(F)c4sc(NC(=O)OC(C)(C)C)c(C#N)c34)cc2n1)C(C)(C)C)c1ccc(-c2c(F)cccc2F)cc1. The van der Waals surface area contributed by atoms with E-state index in [0.717, 1.165) is 37.6 Å². The van der Waals surface area contributed by atoms with E-state index < -0.39 is 106 Å². The predicted molar refractivity (Wildman–Crippen MR) is 353 cm³/mol. The lowest BCUT2D eigenvalue weighted by atomic mass is 9.85. The number of hydrogen-bond donors (Lipinski definition) is 4. The molecular formula is C70H82F6N10O10S. The number of benzene rings is 4. The van der Waals surface area contributed by atoms with E-state index in [4.69, 9.17) is 28.9 Å². The van der Waals surface area contributed by atoms with Crippen LogP contribution in [0, 0.1) is 34.2 Å². The monoisotopic (exact) mass is 1370 g/mol. The quantitative estimate of drug-likeness (QED) is 0.0435. The normalized spacial score (nSPS) is 19.8. The lowest BCUT2D eigenvalue weighted by Gasteiger charge is -2.42. The number of thiophene rings is 1. The van der Waals surface area contributed by atoms with Gasteiger partial charge in [0.05, 0.1) is 57.7 Å². The minimum atomic E-state index is -5.01. The number of hydrogen-bond acceptors (Lipinski definition) is 16. The van der Waals surface area contributed by atoms with Crippen LogP contribution >= 0.6 is 11.3 Å². The third kappa shape index (κ3) is 16.5. The van der Waals surface area contributed by atoms with E-state index in [9.17, 15) is 43.1 Å². The average Bonchev–Trinajstić information content (AvgIpc) is 1.74. The maximum atomic E-state index is 15.8. The number of amides is 5. The highest BCUT2D eigenvalue weighted by Crippen LogP contribution is 2.48. The number of halogens is 6. The Labute approximate surface area is 562 Å². The molecule has 2 unspecified atom stereocenters. The Morgan fingerprint density at radius 3 is 2.13 bits per heavy atom. The van der Waals surface area contributed by atoms with Gasteiger partial charge in [-0.3, -0.25) is 29.5 Å². The molecule has 4 aromatic carbocycles. The Morgan fingerprint density at radius 1 is 0.814 bits per heavy atom. The maximum Gasteiger partial charge on any atom is 0.417 e. The second-order valence-electron chi connectivity index (χ2n) is 28.3. The van der Waals surface area contributed by atoms with E-state index in [0.29, 0.717) is 48.3 Å². The first-order valence-corrected chi connectivity index (χ1v) is 33.4.